The van der Waals surface area contributed by atoms with E-state index in [1.807, 2.05) is 0 Å². The van der Waals surface area contributed by atoms with Crippen LogP contribution in [0.15, 0.2) is 35.7 Å². The number of halogens is 1. The maximum atomic E-state index is 11.9. The smallest absolute Gasteiger partial charge is 0.131 e. The zero-order chi connectivity index (χ0) is 6.69. The number of hydrogen-bond acceptors (Lipinski definition) is 1. The number of nitriles is 1. The number of hydrogen-bond donors (Lipinski definition) is 0. The molecule has 0 saturated heterocycles. The molecule has 0 aromatic rings. The minimum absolute atomic E-state index is 0.183. The van der Waals surface area contributed by atoms with Crippen LogP contribution in [0, 0.1) is 11.3 Å². The van der Waals surface area contributed by atoms with E-state index in [0.29, 0.717) is 5.57 Å². The standard InChI is InChI=1S/C7H4FN/c8-7-5-6(7)3-1-2-4-9/h1-3,5H/b2-1+,6-3+. The van der Waals surface area contributed by atoms with E-state index in [1.54, 1.807) is 12.1 Å². The van der Waals surface area contributed by atoms with Crippen LogP contribution in [0.25, 0.3) is 0 Å². The Bertz CT molecular complexity index is 240. The monoisotopic (exact) mass is 121 g/mol. The third-order valence-electron chi connectivity index (χ3n) is 0.921. The van der Waals surface area contributed by atoms with E-state index in [4.69, 9.17) is 5.26 Å². The van der Waals surface area contributed by atoms with Crippen molar-refractivity contribution in [3.05, 3.63) is 35.7 Å². The third kappa shape index (κ3) is 1.54. The first kappa shape index (κ1) is 5.77. The van der Waals surface area contributed by atoms with Gasteiger partial charge in [0.05, 0.1) is 6.07 Å². The van der Waals surface area contributed by atoms with Gasteiger partial charge in [0.1, 0.15) is 5.83 Å². The molecule has 0 heterocycles. The van der Waals surface area contributed by atoms with Crippen LogP contribution in [0.4, 0.5) is 4.39 Å². The van der Waals surface area contributed by atoms with Crippen LogP contribution in [-0.4, -0.2) is 0 Å². The van der Waals surface area contributed by atoms with Gasteiger partial charge < -0.3 is 0 Å². The molecule has 44 valence electrons. The lowest BCUT2D eigenvalue weighted by atomic mass is 10.4. The summed E-state index contributed by atoms with van der Waals surface area (Å²) in [6.45, 7) is 0. The fraction of sp³-hybridized carbons (Fsp3) is 0. The molecule has 0 fully saturated rings. The summed E-state index contributed by atoms with van der Waals surface area (Å²) < 4.78 is 11.9. The van der Waals surface area contributed by atoms with E-state index >= 15 is 0 Å². The van der Waals surface area contributed by atoms with Crippen molar-refractivity contribution < 1.29 is 4.39 Å². The Hall–Kier alpha value is -1.36. The molecule has 1 rings (SSSR count). The van der Waals surface area contributed by atoms with Gasteiger partial charge in [0.25, 0.3) is 0 Å². The van der Waals surface area contributed by atoms with Gasteiger partial charge in [0, 0.05) is 11.6 Å². The molecule has 0 amide bonds. The van der Waals surface area contributed by atoms with Crippen LogP contribution >= 0.6 is 0 Å². The summed E-state index contributed by atoms with van der Waals surface area (Å²) in [7, 11) is 0. The average Bonchev–Trinajstić information content (AvgIpc) is 2.48. The molecule has 0 N–H and O–H groups in total. The van der Waals surface area contributed by atoms with Crippen LogP contribution < -0.4 is 0 Å². The molecule has 0 atom stereocenters. The van der Waals surface area contributed by atoms with Gasteiger partial charge in [-0.2, -0.15) is 5.26 Å². The van der Waals surface area contributed by atoms with Crippen molar-refractivity contribution >= 4 is 0 Å². The maximum Gasteiger partial charge on any atom is 0.131 e. The zero-order valence-corrected chi connectivity index (χ0v) is 4.63. The Balaban J connectivity index is 2.39. The van der Waals surface area contributed by atoms with Crippen LogP contribution in [0.1, 0.15) is 0 Å². The van der Waals surface area contributed by atoms with E-state index < -0.39 is 0 Å². The lowest BCUT2D eigenvalue weighted by molar-refractivity contribution is 0.691. The average molecular weight is 121 g/mol. The molecular formula is C7H4FN. The summed E-state index contributed by atoms with van der Waals surface area (Å²) in [5, 5.41) is 7.99. The minimum Gasteiger partial charge on any atom is -0.206 e. The molecule has 1 nitrogen and oxygen atoms in total. The van der Waals surface area contributed by atoms with Gasteiger partial charge >= 0.3 is 0 Å². The molecule has 1 aliphatic carbocycles. The second-order valence-electron chi connectivity index (χ2n) is 1.60. The first-order valence-electron chi connectivity index (χ1n) is 2.48. The van der Waals surface area contributed by atoms with Crippen molar-refractivity contribution in [1.29, 1.82) is 5.26 Å². The minimum atomic E-state index is -0.183. The highest BCUT2D eigenvalue weighted by atomic mass is 19.1. The largest absolute Gasteiger partial charge is 0.206 e. The van der Waals surface area contributed by atoms with Gasteiger partial charge in [-0.05, 0) is 6.08 Å². The fourth-order valence-corrected chi connectivity index (χ4v) is 0.423. The molecule has 0 aliphatic heterocycles. The molecule has 9 heavy (non-hydrogen) atoms. The Morgan fingerprint density at radius 3 is 2.78 bits per heavy atom. The van der Waals surface area contributed by atoms with Crippen LogP contribution in [0.3, 0.4) is 0 Å². The van der Waals surface area contributed by atoms with Gasteiger partial charge in [-0.25, -0.2) is 4.39 Å². The molecule has 1 aliphatic rings. The summed E-state index contributed by atoms with van der Waals surface area (Å²) in [5.74, 6) is -0.183. The lowest BCUT2D eigenvalue weighted by Gasteiger charge is -1.67. The number of nitrogens with zero attached hydrogens (tertiary/aromatic N) is 1. The molecule has 0 aromatic carbocycles. The summed E-state index contributed by atoms with van der Waals surface area (Å²) in [6.07, 6.45) is 5.77. The Kier molecular flexibility index (Phi) is 1.46. The number of rotatable bonds is 1. The molecule has 0 spiro atoms. The number of allylic oxidation sites excluding steroid dienone is 6. The van der Waals surface area contributed by atoms with Crippen molar-refractivity contribution in [3.8, 4) is 6.07 Å². The first-order valence-corrected chi connectivity index (χ1v) is 2.48. The predicted molar refractivity (Wildman–Crippen MR) is 32.0 cm³/mol. The second kappa shape index (κ2) is 2.27. The Morgan fingerprint density at radius 1 is 1.67 bits per heavy atom. The quantitative estimate of drug-likeness (QED) is 0.486. The molecule has 0 unspecified atom stereocenters. The van der Waals surface area contributed by atoms with Crippen LogP contribution in [-0.2, 0) is 0 Å². The van der Waals surface area contributed by atoms with E-state index in [-0.39, 0.29) is 5.83 Å². The highest BCUT2D eigenvalue weighted by Crippen LogP contribution is 2.27. The molecular weight excluding hydrogens is 117 g/mol. The van der Waals surface area contributed by atoms with Crippen LogP contribution in [0.5, 0.6) is 0 Å². The van der Waals surface area contributed by atoms with Gasteiger partial charge in [-0.15, -0.1) is 0 Å². The highest BCUT2D eigenvalue weighted by Gasteiger charge is 2.12. The summed E-state index contributed by atoms with van der Waals surface area (Å²) >= 11 is 0. The molecule has 0 saturated carbocycles. The SMILES string of the molecule is N#C/C=C/C=C1C=C\1F. The summed E-state index contributed by atoms with van der Waals surface area (Å²) in [5.41, 5.74) is 0.585. The highest BCUT2D eigenvalue weighted by molar-refractivity contribution is 5.54. The fourth-order valence-electron chi connectivity index (χ4n) is 0.423. The topological polar surface area (TPSA) is 23.8 Å². The second-order valence-corrected chi connectivity index (χ2v) is 1.60. The first-order chi connectivity index (χ1) is 4.34. The van der Waals surface area contributed by atoms with E-state index in [2.05, 4.69) is 0 Å². The van der Waals surface area contributed by atoms with Gasteiger partial charge in [0.15, 0.2) is 0 Å². The van der Waals surface area contributed by atoms with E-state index in [0.717, 1.165) is 0 Å². The molecule has 0 aromatic heterocycles. The Labute approximate surface area is 52.4 Å². The van der Waals surface area contributed by atoms with E-state index in [9.17, 15) is 4.39 Å². The normalized spacial score (nSPS) is 20.0. The predicted octanol–water partition coefficient (Wildman–Crippen LogP) is 1.86. The van der Waals surface area contributed by atoms with Crippen molar-refractivity contribution in [2.24, 2.45) is 0 Å². The van der Waals surface area contributed by atoms with Crippen molar-refractivity contribution in [1.82, 2.24) is 0 Å². The van der Waals surface area contributed by atoms with Crippen molar-refractivity contribution in [3.63, 3.8) is 0 Å². The van der Waals surface area contributed by atoms with Crippen molar-refractivity contribution in [2.45, 2.75) is 0 Å². The van der Waals surface area contributed by atoms with Gasteiger partial charge in [0.2, 0.25) is 0 Å². The lowest BCUT2D eigenvalue weighted by Crippen LogP contribution is -1.51. The molecule has 2 heteroatoms. The molecule has 0 radical (unpaired) electrons. The summed E-state index contributed by atoms with van der Waals surface area (Å²) in [6, 6.07) is 1.79. The van der Waals surface area contributed by atoms with Crippen LogP contribution in [0.2, 0.25) is 0 Å². The zero-order valence-electron chi connectivity index (χ0n) is 4.63. The van der Waals surface area contributed by atoms with Crippen molar-refractivity contribution in [2.75, 3.05) is 0 Å². The maximum absolute atomic E-state index is 11.9. The van der Waals surface area contributed by atoms with Gasteiger partial charge in [-0.1, -0.05) is 12.2 Å². The molecule has 0 bridgehead atoms. The summed E-state index contributed by atoms with van der Waals surface area (Å²) in [4.78, 5) is 0. The van der Waals surface area contributed by atoms with Gasteiger partial charge in [-0.3, -0.25) is 0 Å². The third-order valence-corrected chi connectivity index (χ3v) is 0.921. The van der Waals surface area contributed by atoms with E-state index in [1.165, 1.54) is 18.2 Å². The Morgan fingerprint density at radius 2 is 2.33 bits per heavy atom.